The zero-order valence-corrected chi connectivity index (χ0v) is 16.2. The average Bonchev–Trinajstić information content (AvgIpc) is 3.18. The Bertz CT molecular complexity index is 995. The van der Waals surface area contributed by atoms with Gasteiger partial charge in [-0.2, -0.15) is 0 Å². The first-order valence-electron chi connectivity index (χ1n) is 7.93. The SMILES string of the molecule is COCC(=O)c1c(N)cc(Cl)n1-c1ccc(-c2csc(NC(C)=O)n2)cc1. The van der Waals surface area contributed by atoms with E-state index in [9.17, 15) is 9.59 Å². The lowest BCUT2D eigenvalue weighted by Crippen LogP contribution is -2.14. The van der Waals surface area contributed by atoms with Crippen LogP contribution in [0.2, 0.25) is 5.15 Å². The van der Waals surface area contributed by atoms with Crippen LogP contribution in [-0.2, 0) is 9.53 Å². The second-order valence-electron chi connectivity index (χ2n) is 5.73. The minimum absolute atomic E-state index is 0.0899. The highest BCUT2D eigenvalue weighted by Gasteiger charge is 2.20. The fourth-order valence-electron chi connectivity index (χ4n) is 2.63. The molecule has 0 unspecified atom stereocenters. The van der Waals surface area contributed by atoms with E-state index in [4.69, 9.17) is 22.1 Å². The Labute approximate surface area is 164 Å². The maximum Gasteiger partial charge on any atom is 0.223 e. The summed E-state index contributed by atoms with van der Waals surface area (Å²) < 4.78 is 6.51. The first kappa shape index (κ1) is 19.1. The van der Waals surface area contributed by atoms with Crippen molar-refractivity contribution in [3.63, 3.8) is 0 Å². The third-order valence-electron chi connectivity index (χ3n) is 3.73. The number of Topliss-reactive ketones (excluding diaryl/α,β-unsaturated/α-hetero) is 1. The molecule has 0 spiro atoms. The quantitative estimate of drug-likeness (QED) is 0.611. The van der Waals surface area contributed by atoms with Crippen LogP contribution < -0.4 is 11.1 Å². The van der Waals surface area contributed by atoms with Crippen LogP contribution in [0.15, 0.2) is 35.7 Å². The largest absolute Gasteiger partial charge is 0.397 e. The number of nitrogens with one attached hydrogen (secondary N) is 1. The maximum atomic E-state index is 12.3. The number of benzene rings is 1. The highest BCUT2D eigenvalue weighted by atomic mass is 35.5. The predicted octanol–water partition coefficient (Wildman–Crippen LogP) is 3.62. The second kappa shape index (κ2) is 7.91. The van der Waals surface area contributed by atoms with E-state index in [0.29, 0.717) is 21.7 Å². The summed E-state index contributed by atoms with van der Waals surface area (Å²) in [6.07, 6.45) is 0. The van der Waals surface area contributed by atoms with E-state index in [1.165, 1.54) is 25.4 Å². The molecule has 1 aromatic carbocycles. The van der Waals surface area contributed by atoms with Gasteiger partial charge in [0.2, 0.25) is 11.7 Å². The number of nitrogen functional groups attached to an aromatic ring is 1. The van der Waals surface area contributed by atoms with E-state index in [0.717, 1.165) is 11.3 Å². The van der Waals surface area contributed by atoms with Crippen molar-refractivity contribution in [2.75, 3.05) is 24.8 Å². The Morgan fingerprint density at radius 3 is 2.67 bits per heavy atom. The highest BCUT2D eigenvalue weighted by molar-refractivity contribution is 7.14. The van der Waals surface area contributed by atoms with Crippen molar-refractivity contribution in [1.82, 2.24) is 9.55 Å². The number of carbonyl (C=O) groups excluding carboxylic acids is 2. The van der Waals surface area contributed by atoms with Crippen molar-refractivity contribution in [3.8, 4) is 16.9 Å². The van der Waals surface area contributed by atoms with Gasteiger partial charge in [0.25, 0.3) is 0 Å². The molecule has 1 amide bonds. The van der Waals surface area contributed by atoms with Crippen LogP contribution in [0.5, 0.6) is 0 Å². The second-order valence-corrected chi connectivity index (χ2v) is 6.97. The number of nitrogens with two attached hydrogens (primary N) is 1. The third kappa shape index (κ3) is 4.02. The van der Waals surface area contributed by atoms with Gasteiger partial charge >= 0.3 is 0 Å². The highest BCUT2D eigenvalue weighted by Crippen LogP contribution is 2.30. The molecule has 0 radical (unpaired) electrons. The van der Waals surface area contributed by atoms with Crippen molar-refractivity contribution < 1.29 is 14.3 Å². The number of hydrogen-bond donors (Lipinski definition) is 2. The van der Waals surface area contributed by atoms with Crippen LogP contribution in [0, 0.1) is 0 Å². The number of nitrogens with zero attached hydrogens (tertiary/aromatic N) is 2. The lowest BCUT2D eigenvalue weighted by molar-refractivity contribution is -0.114. The number of amides is 1. The molecule has 0 aliphatic heterocycles. The van der Waals surface area contributed by atoms with Crippen molar-refractivity contribution in [3.05, 3.63) is 46.6 Å². The summed E-state index contributed by atoms with van der Waals surface area (Å²) in [5.74, 6) is -0.426. The summed E-state index contributed by atoms with van der Waals surface area (Å²) in [5, 5.41) is 5.39. The molecular weight excluding hydrogens is 388 g/mol. The number of ketones is 1. The zero-order chi connectivity index (χ0) is 19.6. The normalized spacial score (nSPS) is 10.8. The molecule has 0 fully saturated rings. The zero-order valence-electron chi connectivity index (χ0n) is 14.7. The Morgan fingerprint density at radius 2 is 2.04 bits per heavy atom. The van der Waals surface area contributed by atoms with Gasteiger partial charge in [-0.05, 0) is 18.2 Å². The monoisotopic (exact) mass is 404 g/mol. The molecule has 7 nitrogen and oxygen atoms in total. The summed E-state index contributed by atoms with van der Waals surface area (Å²) >= 11 is 7.62. The van der Waals surface area contributed by atoms with Crippen LogP contribution in [0.4, 0.5) is 10.8 Å². The van der Waals surface area contributed by atoms with Gasteiger partial charge in [0, 0.05) is 30.7 Å². The first-order chi connectivity index (χ1) is 12.9. The molecule has 3 aromatic rings. The molecule has 2 aromatic heterocycles. The smallest absolute Gasteiger partial charge is 0.223 e. The molecule has 0 saturated heterocycles. The average molecular weight is 405 g/mol. The fourth-order valence-corrected chi connectivity index (χ4v) is 3.70. The van der Waals surface area contributed by atoms with Gasteiger partial charge in [-0.15, -0.1) is 11.3 Å². The van der Waals surface area contributed by atoms with Crippen LogP contribution >= 0.6 is 22.9 Å². The lowest BCUT2D eigenvalue weighted by atomic mass is 10.1. The number of ether oxygens (including phenoxy) is 1. The van der Waals surface area contributed by atoms with Gasteiger partial charge in [-0.25, -0.2) is 4.98 Å². The molecule has 3 N–H and O–H groups in total. The Kier molecular flexibility index (Phi) is 5.59. The summed E-state index contributed by atoms with van der Waals surface area (Å²) in [6.45, 7) is 1.35. The Balaban J connectivity index is 1.93. The predicted molar refractivity (Wildman–Crippen MR) is 107 cm³/mol. The van der Waals surface area contributed by atoms with Crippen LogP contribution in [0.3, 0.4) is 0 Å². The third-order valence-corrected chi connectivity index (χ3v) is 4.77. The van der Waals surface area contributed by atoms with E-state index >= 15 is 0 Å². The number of halogens is 1. The summed E-state index contributed by atoms with van der Waals surface area (Å²) in [6, 6.07) is 8.90. The van der Waals surface area contributed by atoms with Gasteiger partial charge in [-0.3, -0.25) is 14.2 Å². The molecule has 0 saturated carbocycles. The van der Waals surface area contributed by atoms with E-state index in [1.807, 2.05) is 29.6 Å². The summed E-state index contributed by atoms with van der Waals surface area (Å²) in [7, 11) is 1.45. The van der Waals surface area contributed by atoms with E-state index < -0.39 is 0 Å². The molecule has 3 rings (SSSR count). The van der Waals surface area contributed by atoms with Crippen LogP contribution in [0.1, 0.15) is 17.4 Å². The number of hydrogen-bond acceptors (Lipinski definition) is 6. The topological polar surface area (TPSA) is 99.2 Å². The van der Waals surface area contributed by atoms with Crippen molar-refractivity contribution in [2.24, 2.45) is 0 Å². The van der Waals surface area contributed by atoms with E-state index in [1.54, 1.807) is 10.6 Å². The van der Waals surface area contributed by atoms with Crippen molar-refractivity contribution in [1.29, 1.82) is 0 Å². The van der Waals surface area contributed by atoms with Gasteiger partial charge in [0.1, 0.15) is 17.5 Å². The lowest BCUT2D eigenvalue weighted by Gasteiger charge is -2.11. The molecule has 0 aliphatic carbocycles. The van der Waals surface area contributed by atoms with Crippen LogP contribution in [0.25, 0.3) is 16.9 Å². The van der Waals surface area contributed by atoms with Gasteiger partial charge in [0.15, 0.2) is 5.13 Å². The molecular formula is C18H17ClN4O3S. The van der Waals surface area contributed by atoms with Crippen LogP contribution in [-0.4, -0.2) is 35.0 Å². The van der Waals surface area contributed by atoms with Crippen molar-refractivity contribution >= 4 is 45.4 Å². The minimum atomic E-state index is -0.259. The van der Waals surface area contributed by atoms with E-state index in [-0.39, 0.29) is 24.0 Å². The molecule has 140 valence electrons. The van der Waals surface area contributed by atoms with Crippen molar-refractivity contribution in [2.45, 2.75) is 6.92 Å². The molecule has 27 heavy (non-hydrogen) atoms. The molecule has 0 bridgehead atoms. The Hall–Kier alpha value is -2.68. The molecule has 0 atom stereocenters. The minimum Gasteiger partial charge on any atom is -0.397 e. The van der Waals surface area contributed by atoms with Gasteiger partial charge in [-0.1, -0.05) is 23.7 Å². The number of carbonyl (C=O) groups is 2. The molecule has 0 aliphatic rings. The Morgan fingerprint density at radius 1 is 1.33 bits per heavy atom. The summed E-state index contributed by atoms with van der Waals surface area (Å²) in [4.78, 5) is 27.8. The maximum absolute atomic E-state index is 12.3. The van der Waals surface area contributed by atoms with Gasteiger partial charge < -0.3 is 15.8 Å². The molecule has 2 heterocycles. The standard InChI is InChI=1S/C18H17ClN4O3S/c1-10(24)21-18-22-14(9-27-18)11-3-5-12(6-4-11)23-16(19)7-13(20)17(23)15(25)8-26-2/h3-7,9H,8,20H2,1-2H3,(H,21,22,24). The number of anilines is 2. The fraction of sp³-hybridized carbons (Fsp3) is 0.167. The summed E-state index contributed by atoms with van der Waals surface area (Å²) in [5.41, 5.74) is 8.83. The van der Waals surface area contributed by atoms with Gasteiger partial charge in [0.05, 0.1) is 11.4 Å². The number of rotatable bonds is 6. The number of aromatic nitrogens is 2. The van der Waals surface area contributed by atoms with E-state index in [2.05, 4.69) is 10.3 Å². The first-order valence-corrected chi connectivity index (χ1v) is 9.19. The number of thiazole rings is 1. The molecule has 9 heteroatoms. The number of methoxy groups -OCH3 is 1.